The predicted molar refractivity (Wildman–Crippen MR) is 118 cm³/mol. The molecule has 1 aromatic heterocycles. The Morgan fingerprint density at radius 2 is 1.48 bits per heavy atom. The lowest BCUT2D eigenvalue weighted by Gasteiger charge is -2.16. The van der Waals surface area contributed by atoms with E-state index in [0.717, 1.165) is 36.3 Å². The molecule has 2 aliphatic heterocycles. The van der Waals surface area contributed by atoms with Crippen LogP contribution in [0.5, 0.6) is 0 Å². The highest BCUT2D eigenvalue weighted by atomic mass is 32.2. The minimum absolute atomic E-state index is 0.222. The smallest absolute Gasteiger partial charge is 0.261 e. The molecule has 2 aliphatic rings. The van der Waals surface area contributed by atoms with Gasteiger partial charge in [0.25, 0.3) is 11.8 Å². The number of hydrogen-bond acceptors (Lipinski definition) is 6. The van der Waals surface area contributed by atoms with Crippen LogP contribution in [0, 0.1) is 0 Å². The lowest BCUT2D eigenvalue weighted by atomic mass is 10.1. The van der Waals surface area contributed by atoms with Gasteiger partial charge >= 0.3 is 0 Å². The summed E-state index contributed by atoms with van der Waals surface area (Å²) in [7, 11) is 0. The molecule has 0 spiro atoms. The number of imide groups is 1. The monoisotopic (exact) mass is 433 g/mol. The largest absolute Gasteiger partial charge is 0.296 e. The van der Waals surface area contributed by atoms with Gasteiger partial charge in [0.2, 0.25) is 0 Å². The number of nitrogens with zero attached hydrogens (tertiary/aromatic N) is 5. The van der Waals surface area contributed by atoms with E-state index in [0.29, 0.717) is 23.4 Å². The molecule has 0 N–H and O–H groups in total. The van der Waals surface area contributed by atoms with E-state index in [9.17, 15) is 9.59 Å². The molecule has 7 nitrogen and oxygen atoms in total. The molecule has 8 heteroatoms. The first-order valence-corrected chi connectivity index (χ1v) is 11.5. The standard InChI is InChI=1S/C23H23N5O2S/c29-21-18-10-4-5-11-19(18)22(30)27(21)14-15-31-23-25-24-20(16-26-12-6-7-13-26)28(23)17-8-2-1-3-9-17/h1-5,8-11H,6-7,12-16H2. The molecule has 5 rings (SSSR count). The fourth-order valence-corrected chi connectivity index (χ4v) is 5.04. The summed E-state index contributed by atoms with van der Waals surface area (Å²) in [6, 6.07) is 17.1. The fourth-order valence-electron chi connectivity index (χ4n) is 4.14. The van der Waals surface area contributed by atoms with Gasteiger partial charge in [-0.3, -0.25) is 24.0 Å². The molecule has 1 fully saturated rings. The first kappa shape index (κ1) is 20.0. The van der Waals surface area contributed by atoms with Gasteiger partial charge in [-0.15, -0.1) is 10.2 Å². The van der Waals surface area contributed by atoms with E-state index in [-0.39, 0.29) is 11.8 Å². The highest BCUT2D eigenvalue weighted by Gasteiger charge is 2.34. The zero-order valence-corrected chi connectivity index (χ0v) is 17.9. The first-order valence-electron chi connectivity index (χ1n) is 10.5. The lowest BCUT2D eigenvalue weighted by Crippen LogP contribution is -2.31. The number of para-hydroxylation sites is 1. The molecule has 0 radical (unpaired) electrons. The van der Waals surface area contributed by atoms with Crippen molar-refractivity contribution >= 4 is 23.6 Å². The van der Waals surface area contributed by atoms with Crippen LogP contribution in [0.2, 0.25) is 0 Å². The number of thioether (sulfide) groups is 1. The quantitative estimate of drug-likeness (QED) is 0.421. The van der Waals surface area contributed by atoms with Gasteiger partial charge in [0.15, 0.2) is 11.0 Å². The summed E-state index contributed by atoms with van der Waals surface area (Å²) in [5, 5.41) is 9.68. The van der Waals surface area contributed by atoms with E-state index in [1.54, 1.807) is 24.3 Å². The van der Waals surface area contributed by atoms with Crippen LogP contribution in [0.4, 0.5) is 0 Å². The zero-order valence-electron chi connectivity index (χ0n) is 17.1. The van der Waals surface area contributed by atoms with Crippen molar-refractivity contribution in [1.82, 2.24) is 24.6 Å². The van der Waals surface area contributed by atoms with Crippen molar-refractivity contribution in [3.05, 3.63) is 71.5 Å². The van der Waals surface area contributed by atoms with Gasteiger partial charge < -0.3 is 0 Å². The Morgan fingerprint density at radius 1 is 0.839 bits per heavy atom. The lowest BCUT2D eigenvalue weighted by molar-refractivity contribution is 0.0664. The molecule has 0 bridgehead atoms. The third-order valence-electron chi connectivity index (χ3n) is 5.70. The maximum absolute atomic E-state index is 12.6. The number of likely N-dealkylation sites (tertiary alicyclic amines) is 1. The van der Waals surface area contributed by atoms with Gasteiger partial charge in [-0.25, -0.2) is 0 Å². The van der Waals surface area contributed by atoms with Crippen molar-refractivity contribution in [3.63, 3.8) is 0 Å². The number of hydrogen-bond donors (Lipinski definition) is 0. The highest BCUT2D eigenvalue weighted by molar-refractivity contribution is 7.99. The van der Waals surface area contributed by atoms with Crippen LogP contribution in [-0.2, 0) is 6.54 Å². The van der Waals surface area contributed by atoms with E-state index in [2.05, 4.69) is 19.7 Å². The molecule has 0 saturated carbocycles. The number of aromatic nitrogens is 3. The Labute approximate surface area is 185 Å². The van der Waals surface area contributed by atoms with E-state index in [1.165, 1.54) is 29.5 Å². The normalized spacial score (nSPS) is 16.3. The topological polar surface area (TPSA) is 71.3 Å². The van der Waals surface area contributed by atoms with Crippen LogP contribution < -0.4 is 0 Å². The predicted octanol–water partition coefficient (Wildman–Crippen LogP) is 3.25. The van der Waals surface area contributed by atoms with Crippen LogP contribution in [0.15, 0.2) is 59.8 Å². The Morgan fingerprint density at radius 3 is 2.16 bits per heavy atom. The summed E-state index contributed by atoms with van der Waals surface area (Å²) in [5.74, 6) is 1.03. The Balaban J connectivity index is 1.32. The van der Waals surface area contributed by atoms with Crippen LogP contribution in [0.1, 0.15) is 39.4 Å². The van der Waals surface area contributed by atoms with Crippen molar-refractivity contribution in [2.24, 2.45) is 0 Å². The minimum atomic E-state index is -0.222. The second kappa shape index (κ2) is 8.64. The summed E-state index contributed by atoms with van der Waals surface area (Å²) in [4.78, 5) is 28.9. The van der Waals surface area contributed by atoms with Crippen LogP contribution in [0.3, 0.4) is 0 Å². The zero-order chi connectivity index (χ0) is 21.2. The van der Waals surface area contributed by atoms with E-state index in [4.69, 9.17) is 0 Å². The molecule has 158 valence electrons. The third-order valence-corrected chi connectivity index (χ3v) is 6.61. The molecular weight excluding hydrogens is 410 g/mol. The number of carbonyl (C=O) groups is 2. The van der Waals surface area contributed by atoms with E-state index >= 15 is 0 Å². The molecule has 3 aromatic rings. The van der Waals surface area contributed by atoms with Crippen molar-refractivity contribution in [1.29, 1.82) is 0 Å². The van der Waals surface area contributed by atoms with Gasteiger partial charge in [-0.05, 0) is 50.2 Å². The summed E-state index contributed by atoms with van der Waals surface area (Å²) in [6.07, 6.45) is 2.45. The SMILES string of the molecule is O=C1c2ccccc2C(=O)N1CCSc1nnc(CN2CCCC2)n1-c1ccccc1. The number of rotatable bonds is 7. The van der Waals surface area contributed by atoms with Crippen molar-refractivity contribution in [2.45, 2.75) is 24.5 Å². The van der Waals surface area contributed by atoms with Crippen LogP contribution in [0.25, 0.3) is 5.69 Å². The second-order valence-corrected chi connectivity index (χ2v) is 8.77. The second-order valence-electron chi connectivity index (χ2n) is 7.71. The van der Waals surface area contributed by atoms with E-state index < -0.39 is 0 Å². The number of fused-ring (bicyclic) bond motifs is 1. The average Bonchev–Trinajstić information content (AvgIpc) is 3.51. The van der Waals surface area contributed by atoms with Gasteiger partial charge in [-0.1, -0.05) is 42.1 Å². The Kier molecular flexibility index (Phi) is 5.57. The molecule has 3 heterocycles. The molecule has 0 atom stereocenters. The number of carbonyl (C=O) groups excluding carboxylic acids is 2. The minimum Gasteiger partial charge on any atom is -0.296 e. The summed E-state index contributed by atoms with van der Waals surface area (Å²) in [5.41, 5.74) is 1.99. The molecule has 2 amide bonds. The molecule has 0 unspecified atom stereocenters. The maximum atomic E-state index is 12.6. The Bertz CT molecular complexity index is 1070. The molecular formula is C23H23N5O2S. The average molecular weight is 434 g/mol. The number of benzene rings is 2. The molecule has 0 aliphatic carbocycles. The van der Waals surface area contributed by atoms with Gasteiger partial charge in [0, 0.05) is 18.0 Å². The number of amides is 2. The van der Waals surface area contributed by atoms with Gasteiger partial charge in [0.1, 0.15) is 0 Å². The van der Waals surface area contributed by atoms with Crippen molar-refractivity contribution < 1.29 is 9.59 Å². The molecule has 2 aromatic carbocycles. The van der Waals surface area contributed by atoms with Gasteiger partial charge in [0.05, 0.1) is 17.7 Å². The van der Waals surface area contributed by atoms with Crippen molar-refractivity contribution in [3.8, 4) is 5.69 Å². The van der Waals surface area contributed by atoms with Crippen molar-refractivity contribution in [2.75, 3.05) is 25.4 Å². The van der Waals surface area contributed by atoms with Crippen LogP contribution in [-0.4, -0.2) is 61.8 Å². The summed E-state index contributed by atoms with van der Waals surface area (Å²) < 4.78 is 2.09. The Hall–Kier alpha value is -2.97. The fraction of sp³-hybridized carbons (Fsp3) is 0.304. The van der Waals surface area contributed by atoms with Gasteiger partial charge in [-0.2, -0.15) is 0 Å². The third kappa shape index (κ3) is 3.88. The molecule has 31 heavy (non-hydrogen) atoms. The summed E-state index contributed by atoms with van der Waals surface area (Å²) in [6.45, 7) is 3.27. The van der Waals surface area contributed by atoms with Crippen LogP contribution >= 0.6 is 11.8 Å². The molecule has 1 saturated heterocycles. The summed E-state index contributed by atoms with van der Waals surface area (Å²) >= 11 is 1.51. The first-order chi connectivity index (χ1) is 15.2. The van der Waals surface area contributed by atoms with E-state index in [1.807, 2.05) is 30.3 Å². The highest BCUT2D eigenvalue weighted by Crippen LogP contribution is 2.26. The maximum Gasteiger partial charge on any atom is 0.261 e.